The van der Waals surface area contributed by atoms with E-state index in [0.29, 0.717) is 10.7 Å². The summed E-state index contributed by atoms with van der Waals surface area (Å²) in [5.41, 5.74) is 5.25. The molecule has 0 aliphatic rings. The third-order valence-electron chi connectivity index (χ3n) is 2.81. The van der Waals surface area contributed by atoms with E-state index in [-0.39, 0.29) is 17.9 Å². The van der Waals surface area contributed by atoms with E-state index < -0.39 is 11.3 Å². The number of methoxy groups -OCH3 is 1. The summed E-state index contributed by atoms with van der Waals surface area (Å²) in [4.78, 5) is 12.3. The molecule has 5 nitrogen and oxygen atoms in total. The number of carbonyl (C=O) groups excluding carboxylic acids is 1. The molecule has 0 heterocycles. The van der Waals surface area contributed by atoms with Crippen LogP contribution in [0.25, 0.3) is 0 Å². The van der Waals surface area contributed by atoms with Gasteiger partial charge in [0.1, 0.15) is 11.5 Å². The van der Waals surface area contributed by atoms with E-state index in [1.165, 1.54) is 19.2 Å². The molecule has 4 N–H and O–H groups in total. The fraction of sp³-hybridized carbons (Fsp3) is 0.385. The number of nitrogens with one attached hydrogen (secondary N) is 1. The molecule has 0 saturated carbocycles. The van der Waals surface area contributed by atoms with Crippen LogP contribution in [0.5, 0.6) is 11.5 Å². The molecule has 6 heteroatoms. The van der Waals surface area contributed by atoms with Crippen molar-refractivity contribution in [3.05, 3.63) is 23.8 Å². The molecule has 1 rings (SSSR count). The number of thiocarbonyl (C=S) groups is 1. The molecule has 0 aliphatic carbocycles. The number of phenolic OH excluding ortho intramolecular Hbond substituents is 1. The number of carbonyl (C=O) groups is 1. The minimum atomic E-state index is -0.487. The van der Waals surface area contributed by atoms with Crippen LogP contribution in [0.1, 0.15) is 24.2 Å². The van der Waals surface area contributed by atoms with Gasteiger partial charge in [0.25, 0.3) is 5.91 Å². The Kier molecular flexibility index (Phi) is 4.72. The van der Waals surface area contributed by atoms with Gasteiger partial charge in [0, 0.05) is 12.0 Å². The lowest BCUT2D eigenvalue weighted by molar-refractivity contribution is 0.0942. The third-order valence-corrected chi connectivity index (χ3v) is 3.36. The fourth-order valence-electron chi connectivity index (χ4n) is 1.31. The van der Waals surface area contributed by atoms with E-state index in [0.717, 1.165) is 0 Å². The Hall–Kier alpha value is -1.82. The Balaban J connectivity index is 2.82. The number of ether oxygens (including phenoxy) is 1. The highest BCUT2D eigenvalue weighted by Gasteiger charge is 2.23. The largest absolute Gasteiger partial charge is 0.507 e. The molecular weight excluding hydrogens is 264 g/mol. The molecule has 0 saturated heterocycles. The monoisotopic (exact) mass is 282 g/mol. The van der Waals surface area contributed by atoms with Crippen molar-refractivity contribution in [2.45, 2.75) is 13.8 Å². The maximum Gasteiger partial charge on any atom is 0.255 e. The predicted molar refractivity (Wildman–Crippen MR) is 77.6 cm³/mol. The van der Waals surface area contributed by atoms with Crippen molar-refractivity contribution in [2.24, 2.45) is 11.1 Å². The molecule has 19 heavy (non-hydrogen) atoms. The number of nitrogens with two attached hydrogens (primary N) is 1. The number of rotatable bonds is 5. The minimum absolute atomic E-state index is 0.105. The first-order valence-electron chi connectivity index (χ1n) is 5.73. The fourth-order valence-corrected chi connectivity index (χ4v) is 1.38. The van der Waals surface area contributed by atoms with Crippen LogP contribution in [0, 0.1) is 5.41 Å². The molecule has 1 aromatic rings. The van der Waals surface area contributed by atoms with Crippen LogP contribution >= 0.6 is 12.2 Å². The van der Waals surface area contributed by atoms with E-state index in [9.17, 15) is 9.90 Å². The average molecular weight is 282 g/mol. The molecule has 104 valence electrons. The molecule has 0 atom stereocenters. The highest BCUT2D eigenvalue weighted by Crippen LogP contribution is 2.23. The average Bonchev–Trinajstić information content (AvgIpc) is 2.36. The van der Waals surface area contributed by atoms with E-state index in [2.05, 4.69) is 5.32 Å². The highest BCUT2D eigenvalue weighted by molar-refractivity contribution is 7.80. The first kappa shape index (κ1) is 15.2. The Morgan fingerprint density at radius 3 is 2.68 bits per heavy atom. The predicted octanol–water partition coefficient (Wildman–Crippen LogP) is 1.44. The summed E-state index contributed by atoms with van der Waals surface area (Å²) >= 11 is 4.92. The number of phenols is 1. The van der Waals surface area contributed by atoms with Crippen molar-refractivity contribution >= 4 is 23.1 Å². The van der Waals surface area contributed by atoms with Crippen molar-refractivity contribution in [1.82, 2.24) is 5.32 Å². The third kappa shape index (κ3) is 3.82. The summed E-state index contributed by atoms with van der Waals surface area (Å²) in [5.74, 6) is -0.0105. The Morgan fingerprint density at radius 1 is 1.53 bits per heavy atom. The van der Waals surface area contributed by atoms with Crippen LogP contribution in [0.3, 0.4) is 0 Å². The molecule has 0 unspecified atom stereocenters. The lowest BCUT2D eigenvalue weighted by Gasteiger charge is -2.23. The van der Waals surface area contributed by atoms with Crippen LogP contribution in [-0.2, 0) is 0 Å². The van der Waals surface area contributed by atoms with Gasteiger partial charge in [0.15, 0.2) is 0 Å². The number of benzene rings is 1. The van der Waals surface area contributed by atoms with Gasteiger partial charge >= 0.3 is 0 Å². The van der Waals surface area contributed by atoms with Gasteiger partial charge in [0.2, 0.25) is 0 Å². The zero-order chi connectivity index (χ0) is 14.6. The van der Waals surface area contributed by atoms with Crippen molar-refractivity contribution in [3.63, 3.8) is 0 Å². The molecule has 0 aromatic heterocycles. The van der Waals surface area contributed by atoms with E-state index >= 15 is 0 Å². The summed E-state index contributed by atoms with van der Waals surface area (Å²) in [6.07, 6.45) is 0. The standard InChI is InChI=1S/C13H18N2O3S/c1-13(2,12(14)19)7-15-11(17)9-6-8(18-3)4-5-10(9)16/h4-6,16H,7H2,1-3H3,(H2,14,19)(H,15,17). The molecular formula is C13H18N2O3S. The number of hydrogen-bond donors (Lipinski definition) is 3. The number of hydrogen-bond acceptors (Lipinski definition) is 4. The molecule has 1 aromatic carbocycles. The Labute approximate surface area is 117 Å². The van der Waals surface area contributed by atoms with Gasteiger partial charge in [-0.2, -0.15) is 0 Å². The summed E-state index contributed by atoms with van der Waals surface area (Å²) in [5, 5.41) is 12.4. The van der Waals surface area contributed by atoms with Crippen molar-refractivity contribution < 1.29 is 14.6 Å². The first-order chi connectivity index (χ1) is 8.77. The van der Waals surface area contributed by atoms with Gasteiger partial charge in [-0.3, -0.25) is 4.79 Å². The second-order valence-corrected chi connectivity index (χ2v) is 5.25. The zero-order valence-electron chi connectivity index (χ0n) is 11.2. The van der Waals surface area contributed by atoms with Crippen LogP contribution < -0.4 is 15.8 Å². The minimum Gasteiger partial charge on any atom is -0.507 e. The molecule has 0 aliphatic heterocycles. The Bertz CT molecular complexity index is 501. The normalized spacial score (nSPS) is 10.9. The quantitative estimate of drug-likeness (QED) is 0.712. The first-order valence-corrected chi connectivity index (χ1v) is 6.14. The van der Waals surface area contributed by atoms with Gasteiger partial charge in [0.05, 0.1) is 17.7 Å². The van der Waals surface area contributed by atoms with Crippen LogP contribution in [0.2, 0.25) is 0 Å². The molecule has 0 radical (unpaired) electrons. The molecule has 1 amide bonds. The van der Waals surface area contributed by atoms with E-state index in [1.54, 1.807) is 6.07 Å². The Morgan fingerprint density at radius 2 is 2.16 bits per heavy atom. The van der Waals surface area contributed by atoms with Gasteiger partial charge in [-0.05, 0) is 18.2 Å². The van der Waals surface area contributed by atoms with Gasteiger partial charge < -0.3 is 20.9 Å². The summed E-state index contributed by atoms with van der Waals surface area (Å²) in [6.45, 7) is 3.96. The second-order valence-electron chi connectivity index (χ2n) is 4.81. The maximum atomic E-state index is 12.0. The summed E-state index contributed by atoms with van der Waals surface area (Å²) in [7, 11) is 1.49. The number of aromatic hydroxyl groups is 1. The van der Waals surface area contributed by atoms with E-state index in [1.807, 2.05) is 13.8 Å². The van der Waals surface area contributed by atoms with E-state index in [4.69, 9.17) is 22.7 Å². The molecule has 0 fully saturated rings. The molecule has 0 bridgehead atoms. The lowest BCUT2D eigenvalue weighted by atomic mass is 9.93. The smallest absolute Gasteiger partial charge is 0.255 e. The highest BCUT2D eigenvalue weighted by atomic mass is 32.1. The summed E-state index contributed by atoms with van der Waals surface area (Å²) in [6, 6.07) is 4.45. The van der Waals surface area contributed by atoms with Gasteiger partial charge in [-0.1, -0.05) is 26.1 Å². The topological polar surface area (TPSA) is 84.6 Å². The van der Waals surface area contributed by atoms with Crippen LogP contribution in [0.15, 0.2) is 18.2 Å². The zero-order valence-corrected chi connectivity index (χ0v) is 12.0. The number of amides is 1. The maximum absolute atomic E-state index is 12.0. The van der Waals surface area contributed by atoms with Gasteiger partial charge in [-0.25, -0.2) is 0 Å². The SMILES string of the molecule is COc1ccc(O)c(C(=O)NCC(C)(C)C(N)=S)c1. The molecule has 0 spiro atoms. The van der Waals surface area contributed by atoms with Crippen molar-refractivity contribution in [1.29, 1.82) is 0 Å². The van der Waals surface area contributed by atoms with Crippen molar-refractivity contribution in [2.75, 3.05) is 13.7 Å². The summed E-state index contributed by atoms with van der Waals surface area (Å²) < 4.78 is 5.01. The van der Waals surface area contributed by atoms with Crippen molar-refractivity contribution in [3.8, 4) is 11.5 Å². The second kappa shape index (κ2) is 5.88. The lowest BCUT2D eigenvalue weighted by Crippen LogP contribution is -2.41. The van der Waals surface area contributed by atoms with Gasteiger partial charge in [-0.15, -0.1) is 0 Å². The van der Waals surface area contributed by atoms with Crippen LogP contribution in [-0.4, -0.2) is 29.7 Å². The van der Waals surface area contributed by atoms with Crippen LogP contribution in [0.4, 0.5) is 0 Å².